The van der Waals surface area contributed by atoms with Gasteiger partial charge in [-0.15, -0.1) is 0 Å². The van der Waals surface area contributed by atoms with Crippen molar-refractivity contribution in [2.75, 3.05) is 32.9 Å². The van der Waals surface area contributed by atoms with Gasteiger partial charge in [0.2, 0.25) is 0 Å². The molecule has 0 spiro atoms. The van der Waals surface area contributed by atoms with Gasteiger partial charge in [0.15, 0.2) is 6.10 Å². The molecule has 0 N–H and O–H groups in total. The first kappa shape index (κ1) is 40.6. The van der Waals surface area contributed by atoms with Crippen molar-refractivity contribution >= 4 is 6.09 Å². The Morgan fingerprint density at radius 3 is 1.41 bits per heavy atom. The normalized spacial score (nSPS) is 14.0. The van der Waals surface area contributed by atoms with E-state index in [0.717, 1.165) is 55.5 Å². The lowest BCUT2D eigenvalue weighted by Crippen LogP contribution is -2.42. The highest BCUT2D eigenvalue weighted by Gasteiger charge is 2.38. The number of hydrogen-bond donors (Lipinski definition) is 0. The predicted octanol–water partition coefficient (Wildman–Crippen LogP) is 12.3. The van der Waals surface area contributed by atoms with Crippen molar-refractivity contribution < 1.29 is 19.0 Å². The van der Waals surface area contributed by atoms with Gasteiger partial charge < -0.3 is 19.1 Å². The zero-order chi connectivity index (χ0) is 35.7. The maximum atomic E-state index is 13.3. The third-order valence-corrected chi connectivity index (χ3v) is 10.4. The molecule has 1 unspecified atom stereocenters. The Balaban J connectivity index is 1.25. The summed E-state index contributed by atoms with van der Waals surface area (Å²) < 4.78 is 19.4. The Kier molecular flexibility index (Phi) is 19.9. The maximum Gasteiger partial charge on any atom is 0.410 e. The first-order chi connectivity index (χ1) is 25.2. The van der Waals surface area contributed by atoms with E-state index in [1.807, 2.05) is 59.5 Å². The molecule has 280 valence electrons. The second kappa shape index (κ2) is 24.9. The minimum absolute atomic E-state index is 0.206. The first-order valence-electron chi connectivity index (χ1n) is 20.6. The molecular weight excluding hydrogens is 631 g/mol. The second-order valence-corrected chi connectivity index (χ2v) is 14.5. The van der Waals surface area contributed by atoms with Gasteiger partial charge in [-0.2, -0.15) is 0 Å². The zero-order valence-corrected chi connectivity index (χ0v) is 31.8. The number of unbranched alkanes of at least 4 members (excludes halogenated alkanes) is 15. The summed E-state index contributed by atoms with van der Waals surface area (Å²) in [6.07, 6.45) is 23.9. The fourth-order valence-electron chi connectivity index (χ4n) is 7.36. The molecule has 1 heterocycles. The fraction of sp³-hybridized carbons (Fsp3) is 0.587. The van der Waals surface area contributed by atoms with E-state index >= 15 is 0 Å². The van der Waals surface area contributed by atoms with Crippen LogP contribution in [0.1, 0.15) is 146 Å². The standard InChI is InChI=1S/C46H67NO4/c1-2-3-4-5-6-7-8-9-10-11-12-13-14-15-16-29-38-49-39-44(51-45(48)47-36-27-20-28-37-47)40-50-46(41-30-21-17-22-31-41,42-32-23-18-24-33-42)43-34-25-19-26-35-43/h17-19,21-26,30-35,44H,2-16,20,27-29,36-40H2,1H3. The highest BCUT2D eigenvalue weighted by Crippen LogP contribution is 2.40. The van der Waals surface area contributed by atoms with Crippen LogP contribution in [0, 0.1) is 0 Å². The number of carbonyl (C=O) groups excluding carboxylic acids is 1. The lowest BCUT2D eigenvalue weighted by molar-refractivity contribution is -0.0743. The summed E-state index contributed by atoms with van der Waals surface area (Å²) in [5.41, 5.74) is 2.20. The van der Waals surface area contributed by atoms with Gasteiger partial charge in [-0.1, -0.05) is 194 Å². The number of benzene rings is 3. The van der Waals surface area contributed by atoms with E-state index in [-0.39, 0.29) is 12.7 Å². The molecular formula is C46H67NO4. The molecule has 5 nitrogen and oxygen atoms in total. The number of hydrogen-bond acceptors (Lipinski definition) is 4. The van der Waals surface area contributed by atoms with Crippen LogP contribution in [0.15, 0.2) is 91.0 Å². The van der Waals surface area contributed by atoms with Crippen molar-refractivity contribution in [1.82, 2.24) is 4.90 Å². The summed E-state index contributed by atoms with van der Waals surface area (Å²) in [6, 6.07) is 31.1. The summed E-state index contributed by atoms with van der Waals surface area (Å²) in [4.78, 5) is 15.2. The van der Waals surface area contributed by atoms with Crippen LogP contribution in [-0.4, -0.2) is 50.0 Å². The summed E-state index contributed by atoms with van der Waals surface area (Å²) in [5, 5.41) is 0. The molecule has 1 atom stereocenters. The van der Waals surface area contributed by atoms with E-state index in [4.69, 9.17) is 14.2 Å². The van der Waals surface area contributed by atoms with Crippen LogP contribution in [0.25, 0.3) is 0 Å². The van der Waals surface area contributed by atoms with E-state index in [9.17, 15) is 4.79 Å². The molecule has 3 aromatic rings. The highest BCUT2D eigenvalue weighted by atomic mass is 16.6. The Hall–Kier alpha value is -3.15. The predicted molar refractivity (Wildman–Crippen MR) is 211 cm³/mol. The maximum absolute atomic E-state index is 13.3. The number of nitrogens with zero attached hydrogens (tertiary/aromatic N) is 1. The lowest BCUT2D eigenvalue weighted by atomic mass is 9.80. The van der Waals surface area contributed by atoms with Crippen LogP contribution in [0.3, 0.4) is 0 Å². The quantitative estimate of drug-likeness (QED) is 0.0619. The van der Waals surface area contributed by atoms with Gasteiger partial charge in [0.25, 0.3) is 0 Å². The van der Waals surface area contributed by atoms with Crippen LogP contribution >= 0.6 is 0 Å². The first-order valence-corrected chi connectivity index (χ1v) is 20.6. The Morgan fingerprint density at radius 2 is 0.980 bits per heavy atom. The van der Waals surface area contributed by atoms with Gasteiger partial charge in [-0.3, -0.25) is 0 Å². The lowest BCUT2D eigenvalue weighted by Gasteiger charge is -2.37. The molecule has 0 aliphatic carbocycles. The number of amides is 1. The van der Waals surface area contributed by atoms with Gasteiger partial charge in [-0.25, -0.2) is 4.79 Å². The Morgan fingerprint density at radius 1 is 0.569 bits per heavy atom. The van der Waals surface area contributed by atoms with Gasteiger partial charge >= 0.3 is 6.09 Å². The number of likely N-dealkylation sites (tertiary alicyclic amines) is 1. The second-order valence-electron chi connectivity index (χ2n) is 14.5. The molecule has 0 aromatic heterocycles. The van der Waals surface area contributed by atoms with E-state index in [1.54, 1.807) is 0 Å². The molecule has 0 radical (unpaired) electrons. The van der Waals surface area contributed by atoms with Crippen molar-refractivity contribution in [3.8, 4) is 0 Å². The third kappa shape index (κ3) is 14.4. The zero-order valence-electron chi connectivity index (χ0n) is 31.8. The number of carbonyl (C=O) groups is 1. The Bertz CT molecular complexity index is 1180. The van der Waals surface area contributed by atoms with Crippen molar-refractivity contribution in [3.63, 3.8) is 0 Å². The molecule has 4 rings (SSSR count). The summed E-state index contributed by atoms with van der Waals surface area (Å²) in [7, 11) is 0. The molecule has 0 saturated carbocycles. The Labute approximate surface area is 310 Å². The summed E-state index contributed by atoms with van der Waals surface area (Å²) in [5.74, 6) is 0. The smallest absolute Gasteiger partial charge is 0.410 e. The van der Waals surface area contributed by atoms with Gasteiger partial charge in [0.1, 0.15) is 5.60 Å². The van der Waals surface area contributed by atoms with Crippen LogP contribution in [0.2, 0.25) is 0 Å². The topological polar surface area (TPSA) is 48.0 Å². The van der Waals surface area contributed by atoms with Crippen molar-refractivity contribution in [2.45, 2.75) is 141 Å². The van der Waals surface area contributed by atoms with E-state index < -0.39 is 11.7 Å². The largest absolute Gasteiger partial charge is 0.441 e. The molecule has 51 heavy (non-hydrogen) atoms. The fourth-order valence-corrected chi connectivity index (χ4v) is 7.36. The number of piperidine rings is 1. The van der Waals surface area contributed by atoms with E-state index in [0.29, 0.717) is 13.2 Å². The number of ether oxygens (including phenoxy) is 3. The number of rotatable bonds is 26. The molecule has 1 amide bonds. The third-order valence-electron chi connectivity index (χ3n) is 10.4. The molecule has 0 bridgehead atoms. The summed E-state index contributed by atoms with van der Waals surface area (Å²) in [6.45, 7) is 4.96. The van der Waals surface area contributed by atoms with Crippen molar-refractivity contribution in [3.05, 3.63) is 108 Å². The van der Waals surface area contributed by atoms with Crippen LogP contribution in [-0.2, 0) is 19.8 Å². The van der Waals surface area contributed by atoms with Gasteiger partial charge in [-0.05, 0) is 42.4 Å². The molecule has 1 aliphatic heterocycles. The van der Waals surface area contributed by atoms with Crippen LogP contribution < -0.4 is 0 Å². The highest BCUT2D eigenvalue weighted by molar-refractivity contribution is 5.68. The molecule has 1 aliphatic rings. The van der Waals surface area contributed by atoms with E-state index in [2.05, 4.69) is 43.3 Å². The summed E-state index contributed by atoms with van der Waals surface area (Å²) >= 11 is 0. The minimum atomic E-state index is -0.882. The van der Waals surface area contributed by atoms with Crippen molar-refractivity contribution in [1.29, 1.82) is 0 Å². The molecule has 3 aromatic carbocycles. The van der Waals surface area contributed by atoms with Gasteiger partial charge in [0, 0.05) is 19.7 Å². The molecule has 5 heteroatoms. The van der Waals surface area contributed by atoms with Crippen LogP contribution in [0.5, 0.6) is 0 Å². The average molecular weight is 698 g/mol. The minimum Gasteiger partial charge on any atom is -0.441 e. The van der Waals surface area contributed by atoms with Crippen molar-refractivity contribution in [2.24, 2.45) is 0 Å². The van der Waals surface area contributed by atoms with Gasteiger partial charge in [0.05, 0.1) is 13.2 Å². The van der Waals surface area contributed by atoms with E-state index in [1.165, 1.54) is 96.3 Å². The monoisotopic (exact) mass is 698 g/mol. The molecule has 1 fully saturated rings. The van der Waals surface area contributed by atoms with Crippen LogP contribution in [0.4, 0.5) is 4.79 Å². The average Bonchev–Trinajstić information content (AvgIpc) is 3.19. The SMILES string of the molecule is CCCCCCCCCCCCCCCCCCOCC(COC(c1ccccc1)(c1ccccc1)c1ccccc1)OC(=O)N1CCCCC1. The molecule has 1 saturated heterocycles.